The molecule has 17 heavy (non-hydrogen) atoms. The number of carbonyl (C=O) groups excluding carboxylic acids is 1. The summed E-state index contributed by atoms with van der Waals surface area (Å²) in [4.78, 5) is 10.5. The Balaban J connectivity index is 2.73. The van der Waals surface area contributed by atoms with E-state index in [0.29, 0.717) is 5.56 Å². The number of primary amides is 1. The van der Waals surface area contributed by atoms with E-state index in [9.17, 15) is 9.18 Å². The fourth-order valence-electron chi connectivity index (χ4n) is 1.23. The highest BCUT2D eigenvalue weighted by molar-refractivity contribution is 5.97. The van der Waals surface area contributed by atoms with Gasteiger partial charge in [-0.2, -0.15) is 0 Å². The van der Waals surface area contributed by atoms with Gasteiger partial charge in [0.2, 0.25) is 5.91 Å². The Kier molecular flexibility index (Phi) is 4.41. The third-order valence-electron chi connectivity index (χ3n) is 2.07. The number of hydrogen-bond donors (Lipinski definition) is 4. The van der Waals surface area contributed by atoms with Gasteiger partial charge in [0.05, 0.1) is 6.54 Å². The highest BCUT2D eigenvalue weighted by Crippen LogP contribution is 2.10. The number of carbonyl (C=O) groups is 1. The summed E-state index contributed by atoms with van der Waals surface area (Å²) in [5, 5.41) is 13.9. The maximum atomic E-state index is 13.5. The van der Waals surface area contributed by atoms with Crippen molar-refractivity contribution in [3.63, 3.8) is 0 Å². The summed E-state index contributed by atoms with van der Waals surface area (Å²) in [5.74, 6) is -1.19. The lowest BCUT2D eigenvalue weighted by Gasteiger charge is -2.06. The molecule has 7 heteroatoms. The van der Waals surface area contributed by atoms with Crippen LogP contribution in [0.2, 0.25) is 0 Å². The van der Waals surface area contributed by atoms with E-state index in [2.05, 4.69) is 10.5 Å². The van der Waals surface area contributed by atoms with E-state index in [0.717, 1.165) is 6.07 Å². The van der Waals surface area contributed by atoms with E-state index in [1.807, 2.05) is 0 Å². The van der Waals surface area contributed by atoms with Crippen molar-refractivity contribution in [1.29, 1.82) is 0 Å². The average Bonchev–Trinajstić information content (AvgIpc) is 2.29. The summed E-state index contributed by atoms with van der Waals surface area (Å²) in [5.41, 5.74) is 10.9. The molecule has 0 fully saturated rings. The first-order valence-corrected chi connectivity index (χ1v) is 4.80. The normalized spacial score (nSPS) is 11.5. The van der Waals surface area contributed by atoms with Crippen LogP contribution in [0.25, 0.3) is 0 Å². The molecule has 0 unspecified atom stereocenters. The van der Waals surface area contributed by atoms with E-state index in [1.54, 1.807) is 0 Å². The second-order valence-corrected chi connectivity index (χ2v) is 3.36. The Morgan fingerprint density at radius 3 is 2.71 bits per heavy atom. The smallest absolute Gasteiger partial charge is 0.231 e. The molecular weight excluding hydrogens is 227 g/mol. The molecule has 0 radical (unpaired) electrons. The van der Waals surface area contributed by atoms with Crippen LogP contribution < -0.4 is 16.8 Å². The number of nitrogens with zero attached hydrogens (tertiary/aromatic N) is 1. The number of hydrogen-bond acceptors (Lipinski definition) is 4. The minimum Gasteiger partial charge on any atom is -0.409 e. The van der Waals surface area contributed by atoms with Gasteiger partial charge in [-0.25, -0.2) is 4.39 Å². The zero-order valence-electron chi connectivity index (χ0n) is 8.98. The lowest BCUT2D eigenvalue weighted by atomic mass is 10.1. The molecule has 0 spiro atoms. The van der Waals surface area contributed by atoms with Crippen LogP contribution in [0, 0.1) is 5.82 Å². The summed E-state index contributed by atoms with van der Waals surface area (Å²) in [6.45, 7) is 0.145. The SMILES string of the molecule is NC(=O)CNCc1ccc(/C(N)=N/O)cc1F. The lowest BCUT2D eigenvalue weighted by molar-refractivity contribution is -0.117. The molecule has 1 aromatic rings. The molecule has 0 atom stereocenters. The summed E-state index contributed by atoms with van der Waals surface area (Å²) in [6, 6.07) is 4.15. The van der Waals surface area contributed by atoms with Gasteiger partial charge in [-0.1, -0.05) is 17.3 Å². The highest BCUT2D eigenvalue weighted by atomic mass is 19.1. The Hall–Kier alpha value is -2.15. The Morgan fingerprint density at radius 1 is 1.47 bits per heavy atom. The summed E-state index contributed by atoms with van der Waals surface area (Å²) in [7, 11) is 0. The molecule has 0 bridgehead atoms. The van der Waals surface area contributed by atoms with Crippen LogP contribution in [0.3, 0.4) is 0 Å². The zero-order valence-corrected chi connectivity index (χ0v) is 8.98. The third-order valence-corrected chi connectivity index (χ3v) is 2.07. The number of amides is 1. The van der Waals surface area contributed by atoms with Gasteiger partial charge in [0.25, 0.3) is 0 Å². The van der Waals surface area contributed by atoms with Gasteiger partial charge in [-0.15, -0.1) is 0 Å². The molecule has 0 aliphatic heterocycles. The van der Waals surface area contributed by atoms with Crippen molar-refractivity contribution in [2.75, 3.05) is 6.54 Å². The van der Waals surface area contributed by atoms with Crippen molar-refractivity contribution in [2.24, 2.45) is 16.6 Å². The van der Waals surface area contributed by atoms with Gasteiger partial charge < -0.3 is 22.0 Å². The van der Waals surface area contributed by atoms with Crippen LogP contribution in [0.1, 0.15) is 11.1 Å². The predicted molar refractivity (Wildman–Crippen MR) is 59.8 cm³/mol. The largest absolute Gasteiger partial charge is 0.409 e. The van der Waals surface area contributed by atoms with Crippen LogP contribution in [-0.2, 0) is 11.3 Å². The summed E-state index contributed by atoms with van der Waals surface area (Å²) < 4.78 is 13.5. The van der Waals surface area contributed by atoms with Crippen molar-refractivity contribution >= 4 is 11.7 Å². The first-order valence-electron chi connectivity index (χ1n) is 4.80. The number of oxime groups is 1. The van der Waals surface area contributed by atoms with Crippen LogP contribution >= 0.6 is 0 Å². The maximum absolute atomic E-state index is 13.5. The van der Waals surface area contributed by atoms with Crippen molar-refractivity contribution in [1.82, 2.24) is 5.32 Å². The van der Waals surface area contributed by atoms with Gasteiger partial charge in [-0.3, -0.25) is 4.79 Å². The first-order chi connectivity index (χ1) is 8.04. The second kappa shape index (κ2) is 5.80. The standard InChI is InChI=1S/C10H13FN4O2/c11-8-3-6(10(13)15-17)1-2-7(8)4-14-5-9(12)16/h1-3,14,17H,4-5H2,(H2,12,16)(H2,13,15). The zero-order chi connectivity index (χ0) is 12.8. The van der Waals surface area contributed by atoms with Gasteiger partial charge in [-0.05, 0) is 6.07 Å². The van der Waals surface area contributed by atoms with Gasteiger partial charge in [0, 0.05) is 17.7 Å². The van der Waals surface area contributed by atoms with E-state index in [-0.39, 0.29) is 24.5 Å². The molecule has 0 saturated carbocycles. The van der Waals surface area contributed by atoms with Crippen LogP contribution in [0.4, 0.5) is 4.39 Å². The molecule has 1 aromatic carbocycles. The molecule has 6 N–H and O–H groups in total. The van der Waals surface area contributed by atoms with Crippen molar-refractivity contribution in [3.05, 3.63) is 35.1 Å². The van der Waals surface area contributed by atoms with E-state index < -0.39 is 11.7 Å². The fourth-order valence-corrected chi connectivity index (χ4v) is 1.23. The van der Waals surface area contributed by atoms with Crippen molar-refractivity contribution in [2.45, 2.75) is 6.54 Å². The molecule has 6 nitrogen and oxygen atoms in total. The molecule has 0 heterocycles. The molecular formula is C10H13FN4O2. The predicted octanol–water partition coefficient (Wildman–Crippen LogP) is -0.505. The molecule has 1 rings (SSSR count). The van der Waals surface area contributed by atoms with Crippen molar-refractivity contribution in [3.8, 4) is 0 Å². The number of nitrogens with two attached hydrogens (primary N) is 2. The maximum Gasteiger partial charge on any atom is 0.231 e. The Morgan fingerprint density at radius 2 is 2.18 bits per heavy atom. The van der Waals surface area contributed by atoms with E-state index >= 15 is 0 Å². The van der Waals surface area contributed by atoms with Crippen molar-refractivity contribution < 1.29 is 14.4 Å². The second-order valence-electron chi connectivity index (χ2n) is 3.36. The Labute approximate surface area is 97.1 Å². The Bertz CT molecular complexity index is 448. The van der Waals surface area contributed by atoms with Gasteiger partial charge in [0.1, 0.15) is 5.82 Å². The monoisotopic (exact) mass is 240 g/mol. The highest BCUT2D eigenvalue weighted by Gasteiger charge is 2.06. The fraction of sp³-hybridized carbons (Fsp3) is 0.200. The molecule has 0 aromatic heterocycles. The minimum absolute atomic E-state index is 0.0264. The quantitative estimate of drug-likeness (QED) is 0.240. The summed E-state index contributed by atoms with van der Waals surface area (Å²) >= 11 is 0. The first kappa shape index (κ1) is 12.9. The molecule has 92 valence electrons. The molecule has 1 amide bonds. The number of benzene rings is 1. The number of rotatable bonds is 5. The molecule has 0 saturated heterocycles. The molecule has 0 aliphatic carbocycles. The summed E-state index contributed by atoms with van der Waals surface area (Å²) in [6.07, 6.45) is 0. The molecule has 0 aliphatic rings. The van der Waals surface area contributed by atoms with Gasteiger partial charge in [0.15, 0.2) is 5.84 Å². The average molecular weight is 240 g/mol. The number of halogens is 1. The number of amidine groups is 1. The van der Waals surface area contributed by atoms with Crippen LogP contribution in [0.5, 0.6) is 0 Å². The topological polar surface area (TPSA) is 114 Å². The lowest BCUT2D eigenvalue weighted by Crippen LogP contribution is -2.28. The van der Waals surface area contributed by atoms with Crippen LogP contribution in [0.15, 0.2) is 23.4 Å². The number of nitrogens with one attached hydrogen (secondary N) is 1. The van der Waals surface area contributed by atoms with Gasteiger partial charge >= 0.3 is 0 Å². The van der Waals surface area contributed by atoms with E-state index in [1.165, 1.54) is 12.1 Å². The minimum atomic E-state index is -0.515. The third kappa shape index (κ3) is 3.72. The van der Waals surface area contributed by atoms with Crippen LogP contribution in [-0.4, -0.2) is 23.5 Å². The van der Waals surface area contributed by atoms with E-state index in [4.69, 9.17) is 16.7 Å².